The van der Waals surface area contributed by atoms with Crippen molar-refractivity contribution in [1.82, 2.24) is 5.32 Å². The van der Waals surface area contributed by atoms with Crippen molar-refractivity contribution in [3.8, 4) is 0 Å². The van der Waals surface area contributed by atoms with E-state index in [2.05, 4.69) is 5.32 Å². The standard InChI is InChI=1S/C5H10NO.Pb/c1-4(2)6-5(3)7;/h1-3H3,(H,6,7);. The van der Waals surface area contributed by atoms with Crippen LogP contribution in [-0.2, 0) is 4.79 Å². The van der Waals surface area contributed by atoms with E-state index >= 15 is 0 Å². The predicted octanol–water partition coefficient (Wildman–Crippen LogP) is 0.0271. The fourth-order valence-electron chi connectivity index (χ4n) is 0.440. The summed E-state index contributed by atoms with van der Waals surface area (Å²) in [5, 5.41) is 2.80. The molecule has 0 saturated carbocycles. The van der Waals surface area contributed by atoms with Crippen LogP contribution in [0.4, 0.5) is 0 Å². The summed E-state index contributed by atoms with van der Waals surface area (Å²) < 4.78 is 0.0613. The van der Waals surface area contributed by atoms with Crippen molar-refractivity contribution in [1.29, 1.82) is 0 Å². The third kappa shape index (κ3) is 6.39. The van der Waals surface area contributed by atoms with Crippen LogP contribution in [0.1, 0.15) is 20.8 Å². The van der Waals surface area contributed by atoms with Crippen LogP contribution in [0, 0.1) is 0 Å². The monoisotopic (exact) mass is 308 g/mol. The SMILES string of the molecule is CC(=O)N[C](C)(C)[Pb]. The zero-order valence-corrected chi connectivity index (χ0v) is 9.30. The van der Waals surface area contributed by atoms with Gasteiger partial charge in [0.2, 0.25) is 0 Å². The minimum atomic E-state index is 0.0602. The Bertz CT molecular complexity index is 95.1. The van der Waals surface area contributed by atoms with E-state index in [1.165, 1.54) is 0 Å². The molecule has 3 heteroatoms. The summed E-state index contributed by atoms with van der Waals surface area (Å²) >= 11 is 0.994. The molecule has 0 aromatic carbocycles. The first-order chi connectivity index (χ1) is 3.42. The minimum absolute atomic E-state index is 0.0602. The molecule has 0 aliphatic carbocycles. The molecule has 0 rings (SSSR count). The van der Waals surface area contributed by atoms with E-state index in [0.717, 1.165) is 25.8 Å². The van der Waals surface area contributed by atoms with Crippen LogP contribution in [0.3, 0.4) is 0 Å². The Balaban J connectivity index is 3.55. The molecule has 0 fully saturated rings. The third-order valence-corrected chi connectivity index (χ3v) is 0.974. The van der Waals surface area contributed by atoms with Gasteiger partial charge in [-0.1, -0.05) is 0 Å². The maximum absolute atomic E-state index is 10.4. The fourth-order valence-corrected chi connectivity index (χ4v) is 1.12. The van der Waals surface area contributed by atoms with Gasteiger partial charge in [0.15, 0.2) is 0 Å². The van der Waals surface area contributed by atoms with Crippen molar-refractivity contribution in [2.45, 2.75) is 23.9 Å². The van der Waals surface area contributed by atoms with Crippen LogP contribution >= 0.6 is 0 Å². The first-order valence-corrected chi connectivity index (χ1v) is 4.40. The van der Waals surface area contributed by atoms with Gasteiger partial charge in [0.25, 0.3) is 0 Å². The second-order valence-electron chi connectivity index (χ2n) is 2.31. The molecule has 1 amide bonds. The van der Waals surface area contributed by atoms with Crippen LogP contribution in [0.25, 0.3) is 0 Å². The first-order valence-electron chi connectivity index (χ1n) is 2.45. The molecule has 0 aliphatic heterocycles. The third-order valence-electron chi connectivity index (χ3n) is 0.489. The van der Waals surface area contributed by atoms with Crippen LogP contribution in [-0.4, -0.2) is 34.8 Å². The van der Waals surface area contributed by atoms with Crippen molar-refractivity contribution >= 4 is 31.7 Å². The van der Waals surface area contributed by atoms with Gasteiger partial charge in [0.05, 0.1) is 0 Å². The van der Waals surface area contributed by atoms with Crippen molar-refractivity contribution in [2.24, 2.45) is 0 Å². The number of carbonyl (C=O) groups excluding carboxylic acids is 1. The summed E-state index contributed by atoms with van der Waals surface area (Å²) in [5.41, 5.74) is 0. The fraction of sp³-hybridized carbons (Fsp3) is 0.800. The van der Waals surface area contributed by atoms with E-state index < -0.39 is 0 Å². The quantitative estimate of drug-likeness (QED) is 0.680. The van der Waals surface area contributed by atoms with Gasteiger partial charge in [-0.15, -0.1) is 0 Å². The maximum atomic E-state index is 10.4. The van der Waals surface area contributed by atoms with Gasteiger partial charge in [-0.05, 0) is 0 Å². The molecule has 0 bridgehead atoms. The molecule has 0 saturated heterocycles. The molecule has 0 aromatic rings. The number of amides is 1. The molecule has 8 heavy (non-hydrogen) atoms. The van der Waals surface area contributed by atoms with Gasteiger partial charge in [-0.2, -0.15) is 0 Å². The van der Waals surface area contributed by atoms with Crippen molar-refractivity contribution < 1.29 is 4.79 Å². The second kappa shape index (κ2) is 2.80. The van der Waals surface area contributed by atoms with Crippen LogP contribution < -0.4 is 5.32 Å². The number of nitrogens with one attached hydrogen (secondary N) is 1. The summed E-state index contributed by atoms with van der Waals surface area (Å²) in [6.45, 7) is 5.57. The Morgan fingerprint density at radius 3 is 2.00 bits per heavy atom. The summed E-state index contributed by atoms with van der Waals surface area (Å²) in [7, 11) is 0. The van der Waals surface area contributed by atoms with Gasteiger partial charge in [0.1, 0.15) is 0 Å². The molecule has 0 heterocycles. The predicted molar refractivity (Wildman–Crippen MR) is 33.6 cm³/mol. The second-order valence-corrected chi connectivity index (χ2v) is 7.17. The molecule has 0 atom stereocenters. The van der Waals surface area contributed by atoms with Gasteiger partial charge in [-0.25, -0.2) is 0 Å². The Labute approximate surface area is 65.7 Å². The van der Waals surface area contributed by atoms with Gasteiger partial charge in [-0.3, -0.25) is 0 Å². The molecular formula is C5H10NOPb. The topological polar surface area (TPSA) is 29.1 Å². The van der Waals surface area contributed by atoms with Crippen molar-refractivity contribution in [3.63, 3.8) is 0 Å². The molecule has 2 nitrogen and oxygen atoms in total. The Morgan fingerprint density at radius 2 is 2.00 bits per heavy atom. The van der Waals surface area contributed by atoms with Crippen LogP contribution in [0.15, 0.2) is 0 Å². The Kier molecular flexibility index (Phi) is 2.93. The molecule has 45 valence electrons. The molecular weight excluding hydrogens is 297 g/mol. The molecule has 0 aromatic heterocycles. The van der Waals surface area contributed by atoms with E-state index in [1.54, 1.807) is 6.92 Å². The Hall–Kier alpha value is 0.392. The van der Waals surface area contributed by atoms with E-state index in [1.807, 2.05) is 13.8 Å². The average Bonchev–Trinajstić information content (AvgIpc) is 1.21. The zero-order valence-electron chi connectivity index (χ0n) is 5.41. The number of hydrogen-bond acceptors (Lipinski definition) is 1. The summed E-state index contributed by atoms with van der Waals surface area (Å²) in [6.07, 6.45) is 0. The summed E-state index contributed by atoms with van der Waals surface area (Å²) in [5.74, 6) is 0.0602. The van der Waals surface area contributed by atoms with Crippen LogP contribution in [0.5, 0.6) is 0 Å². The summed E-state index contributed by atoms with van der Waals surface area (Å²) in [6, 6.07) is 0. The molecule has 1 N–H and O–H groups in total. The van der Waals surface area contributed by atoms with E-state index in [4.69, 9.17) is 0 Å². The molecule has 0 spiro atoms. The van der Waals surface area contributed by atoms with E-state index in [0.29, 0.717) is 0 Å². The molecule has 0 unspecified atom stereocenters. The number of rotatable bonds is 1. The molecule has 0 aliphatic rings. The van der Waals surface area contributed by atoms with Gasteiger partial charge in [0, 0.05) is 0 Å². The number of carbonyl (C=O) groups is 1. The van der Waals surface area contributed by atoms with Gasteiger partial charge < -0.3 is 0 Å². The Morgan fingerprint density at radius 1 is 1.62 bits per heavy atom. The average molecular weight is 307 g/mol. The van der Waals surface area contributed by atoms with Gasteiger partial charge >= 0.3 is 65.7 Å². The van der Waals surface area contributed by atoms with E-state index in [9.17, 15) is 4.79 Å². The van der Waals surface area contributed by atoms with Crippen molar-refractivity contribution in [2.75, 3.05) is 0 Å². The first kappa shape index (κ1) is 8.39. The molecule has 3 radical (unpaired) electrons. The normalized spacial score (nSPS) is 11.0. The van der Waals surface area contributed by atoms with Crippen LogP contribution in [0.2, 0.25) is 0 Å². The summed E-state index contributed by atoms with van der Waals surface area (Å²) in [4.78, 5) is 10.4. The van der Waals surface area contributed by atoms with Crippen molar-refractivity contribution in [3.05, 3.63) is 0 Å². The number of hydrogen-bond donors (Lipinski definition) is 1. The zero-order chi connectivity index (χ0) is 6.78. The van der Waals surface area contributed by atoms with E-state index in [-0.39, 0.29) is 9.01 Å².